The van der Waals surface area contributed by atoms with Gasteiger partial charge in [0, 0.05) is 24.0 Å². The summed E-state index contributed by atoms with van der Waals surface area (Å²) in [6.45, 7) is 5.28. The minimum absolute atomic E-state index is 0.00506. The molecule has 1 N–H and O–H groups in total. The Labute approximate surface area is 170 Å². The third-order valence-electron chi connectivity index (χ3n) is 4.95. The molecule has 2 aromatic rings. The zero-order chi connectivity index (χ0) is 19.9. The standard InChI is InChI=1S/C21H28N2O4S/c1-15(21(19-5-4-12-28-19)23-8-10-27-11-9-23)22-20(24)14-16-6-7-17(25-2)18(13-16)26-3/h4-7,12-13,15,21H,8-11,14H2,1-3H3,(H,22,24). The molecule has 0 radical (unpaired) electrons. The van der Waals surface area contributed by atoms with Crippen LogP contribution >= 0.6 is 11.3 Å². The Morgan fingerprint density at radius 2 is 1.96 bits per heavy atom. The fraction of sp³-hybridized carbons (Fsp3) is 0.476. The molecule has 0 aliphatic carbocycles. The van der Waals surface area contributed by atoms with E-state index in [-0.39, 0.29) is 18.0 Å². The molecule has 1 aliphatic rings. The minimum Gasteiger partial charge on any atom is -0.493 e. The molecule has 2 unspecified atom stereocenters. The van der Waals surface area contributed by atoms with E-state index in [1.165, 1.54) is 4.88 Å². The number of hydrogen-bond donors (Lipinski definition) is 1. The Hall–Kier alpha value is -2.09. The summed E-state index contributed by atoms with van der Waals surface area (Å²) in [5.74, 6) is 1.28. The predicted molar refractivity (Wildman–Crippen MR) is 110 cm³/mol. The monoisotopic (exact) mass is 404 g/mol. The molecule has 0 bridgehead atoms. The third-order valence-corrected chi connectivity index (χ3v) is 5.89. The van der Waals surface area contributed by atoms with Crippen molar-refractivity contribution >= 4 is 17.2 Å². The van der Waals surface area contributed by atoms with Gasteiger partial charge < -0.3 is 19.5 Å². The quantitative estimate of drug-likeness (QED) is 0.733. The number of methoxy groups -OCH3 is 2. The van der Waals surface area contributed by atoms with Crippen LogP contribution < -0.4 is 14.8 Å². The Morgan fingerprint density at radius 3 is 2.61 bits per heavy atom. The van der Waals surface area contributed by atoms with Crippen LogP contribution in [0.4, 0.5) is 0 Å². The maximum Gasteiger partial charge on any atom is 0.224 e. The van der Waals surface area contributed by atoms with Crippen molar-refractivity contribution in [2.24, 2.45) is 0 Å². The van der Waals surface area contributed by atoms with Crippen molar-refractivity contribution in [1.29, 1.82) is 0 Å². The highest BCUT2D eigenvalue weighted by molar-refractivity contribution is 7.10. The van der Waals surface area contributed by atoms with Crippen LogP contribution in [0.25, 0.3) is 0 Å². The fourth-order valence-electron chi connectivity index (χ4n) is 3.62. The number of carbonyl (C=O) groups excluding carboxylic acids is 1. The maximum absolute atomic E-state index is 12.7. The Balaban J connectivity index is 1.67. The van der Waals surface area contributed by atoms with E-state index in [1.54, 1.807) is 25.6 Å². The molecule has 0 spiro atoms. The van der Waals surface area contributed by atoms with Crippen molar-refractivity contribution in [2.75, 3.05) is 40.5 Å². The van der Waals surface area contributed by atoms with Crippen LogP contribution in [-0.2, 0) is 16.0 Å². The summed E-state index contributed by atoms with van der Waals surface area (Å²) >= 11 is 1.73. The summed E-state index contributed by atoms with van der Waals surface area (Å²) in [4.78, 5) is 16.4. The Bertz CT molecular complexity index is 760. The summed E-state index contributed by atoms with van der Waals surface area (Å²) in [6.07, 6.45) is 0.297. The first-order valence-electron chi connectivity index (χ1n) is 9.48. The van der Waals surface area contributed by atoms with Gasteiger partial charge in [0.1, 0.15) is 0 Å². The predicted octanol–water partition coefficient (Wildman–Crippen LogP) is 2.89. The maximum atomic E-state index is 12.7. The normalized spacial score (nSPS) is 17.0. The summed E-state index contributed by atoms with van der Waals surface area (Å²) in [5.41, 5.74) is 0.890. The van der Waals surface area contributed by atoms with Crippen LogP contribution in [-0.4, -0.2) is 57.4 Å². The van der Waals surface area contributed by atoms with Crippen LogP contribution in [0.15, 0.2) is 35.7 Å². The van der Waals surface area contributed by atoms with Gasteiger partial charge in [0.05, 0.1) is 39.9 Å². The molecule has 28 heavy (non-hydrogen) atoms. The van der Waals surface area contributed by atoms with Gasteiger partial charge in [-0.25, -0.2) is 0 Å². The van der Waals surface area contributed by atoms with Crippen LogP contribution in [0.1, 0.15) is 23.4 Å². The average Bonchev–Trinajstić information content (AvgIpc) is 3.23. The highest BCUT2D eigenvalue weighted by Crippen LogP contribution is 2.30. The molecule has 7 heteroatoms. The zero-order valence-electron chi connectivity index (χ0n) is 16.6. The van der Waals surface area contributed by atoms with Gasteiger partial charge in [0.15, 0.2) is 11.5 Å². The third kappa shape index (κ3) is 5.04. The largest absolute Gasteiger partial charge is 0.493 e. The SMILES string of the molecule is COc1ccc(CC(=O)NC(C)C(c2cccs2)N2CCOCC2)cc1OC. The minimum atomic E-state index is -0.00982. The lowest BCUT2D eigenvalue weighted by molar-refractivity contribution is -0.121. The molecular formula is C21H28N2O4S. The highest BCUT2D eigenvalue weighted by Gasteiger charge is 2.29. The molecule has 152 valence electrons. The number of nitrogens with zero attached hydrogens (tertiary/aromatic N) is 1. The lowest BCUT2D eigenvalue weighted by Crippen LogP contribution is -2.48. The second kappa shape index (κ2) is 9.91. The lowest BCUT2D eigenvalue weighted by Gasteiger charge is -2.37. The molecule has 1 aliphatic heterocycles. The van der Waals surface area contributed by atoms with Gasteiger partial charge in [-0.2, -0.15) is 0 Å². The van der Waals surface area contributed by atoms with Gasteiger partial charge >= 0.3 is 0 Å². The van der Waals surface area contributed by atoms with E-state index in [0.717, 1.165) is 31.9 Å². The van der Waals surface area contributed by atoms with Gasteiger partial charge in [-0.1, -0.05) is 12.1 Å². The molecule has 0 saturated carbocycles. The van der Waals surface area contributed by atoms with Crippen molar-refractivity contribution < 1.29 is 19.0 Å². The van der Waals surface area contributed by atoms with E-state index in [0.29, 0.717) is 17.9 Å². The molecule has 6 nitrogen and oxygen atoms in total. The smallest absolute Gasteiger partial charge is 0.224 e. The molecule has 2 heterocycles. The number of thiophene rings is 1. The molecule has 1 amide bonds. The molecule has 1 aromatic heterocycles. The van der Waals surface area contributed by atoms with Crippen molar-refractivity contribution in [1.82, 2.24) is 10.2 Å². The van der Waals surface area contributed by atoms with Gasteiger partial charge in [-0.15, -0.1) is 11.3 Å². The van der Waals surface area contributed by atoms with Crippen molar-refractivity contribution in [3.8, 4) is 11.5 Å². The summed E-state index contributed by atoms with van der Waals surface area (Å²) in [7, 11) is 3.19. The van der Waals surface area contributed by atoms with Crippen molar-refractivity contribution in [2.45, 2.75) is 25.4 Å². The van der Waals surface area contributed by atoms with Crippen LogP contribution in [0.3, 0.4) is 0 Å². The number of hydrogen-bond acceptors (Lipinski definition) is 6. The van der Waals surface area contributed by atoms with Crippen LogP contribution in [0.2, 0.25) is 0 Å². The van der Waals surface area contributed by atoms with Crippen LogP contribution in [0.5, 0.6) is 11.5 Å². The summed E-state index contributed by atoms with van der Waals surface area (Å²) in [5, 5.41) is 5.28. The van der Waals surface area contributed by atoms with E-state index in [1.807, 2.05) is 18.2 Å². The number of benzene rings is 1. The van der Waals surface area contributed by atoms with Crippen LogP contribution in [0, 0.1) is 0 Å². The Kier molecular flexibility index (Phi) is 7.30. The van der Waals surface area contributed by atoms with E-state index >= 15 is 0 Å². The Morgan fingerprint density at radius 1 is 1.21 bits per heavy atom. The summed E-state index contributed by atoms with van der Waals surface area (Å²) in [6, 6.07) is 9.91. The first-order chi connectivity index (χ1) is 13.6. The van der Waals surface area contributed by atoms with E-state index < -0.39 is 0 Å². The van der Waals surface area contributed by atoms with Gasteiger partial charge in [0.2, 0.25) is 5.91 Å². The number of rotatable bonds is 8. The van der Waals surface area contributed by atoms with Gasteiger partial charge in [-0.05, 0) is 36.1 Å². The molecule has 3 rings (SSSR count). The lowest BCUT2D eigenvalue weighted by atomic mass is 10.0. The number of carbonyl (C=O) groups is 1. The molecule has 1 fully saturated rings. The summed E-state index contributed by atoms with van der Waals surface area (Å²) < 4.78 is 16.1. The van der Waals surface area contributed by atoms with Gasteiger partial charge in [0.25, 0.3) is 0 Å². The zero-order valence-corrected chi connectivity index (χ0v) is 17.5. The van der Waals surface area contributed by atoms with Crippen molar-refractivity contribution in [3.63, 3.8) is 0 Å². The van der Waals surface area contributed by atoms with Gasteiger partial charge in [-0.3, -0.25) is 9.69 Å². The topological polar surface area (TPSA) is 60.0 Å². The second-order valence-corrected chi connectivity index (χ2v) is 7.81. The van der Waals surface area contributed by atoms with Crippen molar-refractivity contribution in [3.05, 3.63) is 46.2 Å². The average molecular weight is 405 g/mol. The first-order valence-corrected chi connectivity index (χ1v) is 10.4. The number of morpholine rings is 1. The fourth-order valence-corrected chi connectivity index (χ4v) is 4.58. The first kappa shape index (κ1) is 20.6. The molecule has 1 saturated heterocycles. The number of nitrogens with one attached hydrogen (secondary N) is 1. The second-order valence-electron chi connectivity index (χ2n) is 6.83. The number of ether oxygens (including phenoxy) is 3. The molecule has 2 atom stereocenters. The number of amides is 1. The highest BCUT2D eigenvalue weighted by atomic mass is 32.1. The molecular weight excluding hydrogens is 376 g/mol. The van der Waals surface area contributed by atoms with E-state index in [4.69, 9.17) is 14.2 Å². The molecule has 1 aromatic carbocycles. The van der Waals surface area contributed by atoms with E-state index in [2.05, 4.69) is 34.7 Å². The van der Waals surface area contributed by atoms with E-state index in [9.17, 15) is 4.79 Å².